The molecule has 1 aliphatic rings. The lowest BCUT2D eigenvalue weighted by atomic mass is 10.00. The maximum Gasteiger partial charge on any atom is 0.329 e. The summed E-state index contributed by atoms with van der Waals surface area (Å²) in [5.74, 6) is -0.978. The second-order valence-corrected chi connectivity index (χ2v) is 4.85. The highest BCUT2D eigenvalue weighted by molar-refractivity contribution is 5.86. The number of rotatable bonds is 3. The number of nitrogens with zero attached hydrogens (tertiary/aromatic N) is 2. The molecule has 1 rings (SSSR count). The minimum Gasteiger partial charge on any atom is -0.480 e. The minimum atomic E-state index is -1.12. The van der Waals surface area contributed by atoms with Crippen molar-refractivity contribution in [3.8, 4) is 0 Å². The van der Waals surface area contributed by atoms with Crippen LogP contribution in [0.2, 0.25) is 0 Å². The summed E-state index contributed by atoms with van der Waals surface area (Å²) in [5.41, 5.74) is -1.12. The number of likely N-dealkylation sites (tertiary alicyclic amines) is 1. The lowest BCUT2D eigenvalue weighted by Gasteiger charge is -2.34. The Bertz CT molecular complexity index is 319. The number of carboxylic acid groups (broad SMARTS) is 1. The van der Waals surface area contributed by atoms with Crippen molar-refractivity contribution in [3.63, 3.8) is 0 Å². The number of aliphatic hydroxyl groups excluding tert-OH is 1. The SMILES string of the molecule is CC(O)CN(C)C(=O)N1CCCC1(C)C(=O)O. The quantitative estimate of drug-likeness (QED) is 0.751. The van der Waals surface area contributed by atoms with E-state index in [0.717, 1.165) is 0 Å². The Balaban J connectivity index is 2.78. The third-order valence-corrected chi connectivity index (χ3v) is 3.20. The number of carbonyl (C=O) groups excluding carboxylic acids is 1. The summed E-state index contributed by atoms with van der Waals surface area (Å²) >= 11 is 0. The van der Waals surface area contributed by atoms with E-state index in [4.69, 9.17) is 0 Å². The normalized spacial score (nSPS) is 25.8. The number of amides is 2. The molecular weight excluding hydrogens is 224 g/mol. The summed E-state index contributed by atoms with van der Waals surface area (Å²) in [4.78, 5) is 26.0. The second-order valence-electron chi connectivity index (χ2n) is 4.85. The Hall–Kier alpha value is -1.30. The van der Waals surface area contributed by atoms with Gasteiger partial charge in [-0.1, -0.05) is 0 Å². The Labute approximate surface area is 101 Å². The van der Waals surface area contributed by atoms with Crippen molar-refractivity contribution >= 4 is 12.0 Å². The van der Waals surface area contributed by atoms with E-state index in [2.05, 4.69) is 0 Å². The van der Waals surface area contributed by atoms with E-state index in [9.17, 15) is 19.8 Å². The molecule has 0 saturated carbocycles. The van der Waals surface area contributed by atoms with Crippen LogP contribution in [0.15, 0.2) is 0 Å². The maximum absolute atomic E-state index is 12.1. The Morgan fingerprint density at radius 2 is 2.12 bits per heavy atom. The zero-order valence-corrected chi connectivity index (χ0v) is 10.5. The standard InChI is InChI=1S/C11H20N2O4/c1-8(14)7-12(3)10(17)13-6-4-5-11(13,2)9(15)16/h8,14H,4-7H2,1-3H3,(H,15,16). The van der Waals surface area contributed by atoms with Gasteiger partial charge < -0.3 is 20.0 Å². The fraction of sp³-hybridized carbons (Fsp3) is 0.818. The first-order chi connectivity index (χ1) is 7.79. The summed E-state index contributed by atoms with van der Waals surface area (Å²) < 4.78 is 0. The van der Waals surface area contributed by atoms with Gasteiger partial charge in [0.25, 0.3) is 0 Å². The van der Waals surface area contributed by atoms with E-state index in [1.807, 2.05) is 0 Å². The molecule has 0 bridgehead atoms. The van der Waals surface area contributed by atoms with Crippen molar-refractivity contribution in [1.29, 1.82) is 0 Å². The number of hydrogen-bond donors (Lipinski definition) is 2. The topological polar surface area (TPSA) is 81.1 Å². The highest BCUT2D eigenvalue weighted by Crippen LogP contribution is 2.30. The van der Waals surface area contributed by atoms with Crippen LogP contribution in [0.3, 0.4) is 0 Å². The van der Waals surface area contributed by atoms with Crippen LogP contribution in [0.5, 0.6) is 0 Å². The van der Waals surface area contributed by atoms with Crippen LogP contribution in [-0.4, -0.2) is 63.8 Å². The van der Waals surface area contributed by atoms with Crippen molar-refractivity contribution in [2.75, 3.05) is 20.1 Å². The number of likely N-dealkylation sites (N-methyl/N-ethyl adjacent to an activating group) is 1. The van der Waals surface area contributed by atoms with Crippen molar-refractivity contribution in [1.82, 2.24) is 9.80 Å². The Kier molecular flexibility index (Phi) is 3.98. The Morgan fingerprint density at radius 1 is 1.53 bits per heavy atom. The molecule has 6 heteroatoms. The van der Waals surface area contributed by atoms with E-state index in [-0.39, 0.29) is 12.6 Å². The molecule has 17 heavy (non-hydrogen) atoms. The van der Waals surface area contributed by atoms with Crippen LogP contribution in [0, 0.1) is 0 Å². The molecule has 2 amide bonds. The van der Waals surface area contributed by atoms with Gasteiger partial charge in [0, 0.05) is 20.1 Å². The third kappa shape index (κ3) is 2.69. The molecule has 0 aromatic carbocycles. The zero-order valence-electron chi connectivity index (χ0n) is 10.5. The third-order valence-electron chi connectivity index (χ3n) is 3.20. The number of aliphatic hydroxyl groups is 1. The summed E-state index contributed by atoms with van der Waals surface area (Å²) in [6.07, 6.45) is 0.538. The molecule has 0 aromatic rings. The van der Waals surface area contributed by atoms with Crippen LogP contribution in [0.4, 0.5) is 4.79 Å². The summed E-state index contributed by atoms with van der Waals surface area (Å²) in [5, 5.41) is 18.4. The lowest BCUT2D eigenvalue weighted by Crippen LogP contribution is -2.55. The molecule has 98 valence electrons. The van der Waals surface area contributed by atoms with E-state index in [1.54, 1.807) is 20.9 Å². The maximum atomic E-state index is 12.1. The van der Waals surface area contributed by atoms with Crippen LogP contribution in [-0.2, 0) is 4.79 Å². The second kappa shape index (κ2) is 4.91. The van der Waals surface area contributed by atoms with E-state index in [1.165, 1.54) is 9.80 Å². The van der Waals surface area contributed by atoms with E-state index < -0.39 is 17.6 Å². The molecule has 1 aliphatic heterocycles. The predicted octanol–water partition coefficient (Wildman–Crippen LogP) is 0.358. The van der Waals surface area contributed by atoms with Gasteiger partial charge in [-0.2, -0.15) is 0 Å². The number of urea groups is 1. The first-order valence-electron chi connectivity index (χ1n) is 5.73. The molecule has 2 atom stereocenters. The van der Waals surface area contributed by atoms with Gasteiger partial charge in [0.1, 0.15) is 5.54 Å². The first-order valence-corrected chi connectivity index (χ1v) is 5.73. The zero-order chi connectivity index (χ0) is 13.2. The average molecular weight is 244 g/mol. The van der Waals surface area contributed by atoms with Gasteiger partial charge in [0.15, 0.2) is 0 Å². The minimum absolute atomic E-state index is 0.199. The fourth-order valence-electron chi connectivity index (χ4n) is 2.17. The van der Waals surface area contributed by atoms with Gasteiger partial charge in [-0.05, 0) is 26.7 Å². The summed E-state index contributed by atoms with van der Waals surface area (Å²) in [6.45, 7) is 3.80. The molecule has 0 radical (unpaired) electrons. The van der Waals surface area contributed by atoms with Gasteiger partial charge in [-0.3, -0.25) is 0 Å². The predicted molar refractivity (Wildman–Crippen MR) is 61.7 cm³/mol. The average Bonchev–Trinajstić information content (AvgIpc) is 2.59. The van der Waals surface area contributed by atoms with E-state index >= 15 is 0 Å². The largest absolute Gasteiger partial charge is 0.480 e. The van der Waals surface area contributed by atoms with Gasteiger partial charge in [0.05, 0.1) is 6.10 Å². The molecule has 1 heterocycles. The van der Waals surface area contributed by atoms with E-state index in [0.29, 0.717) is 19.4 Å². The van der Waals surface area contributed by atoms with Crippen molar-refractivity contribution in [2.24, 2.45) is 0 Å². The van der Waals surface area contributed by atoms with Gasteiger partial charge >= 0.3 is 12.0 Å². The summed E-state index contributed by atoms with van der Waals surface area (Å²) in [7, 11) is 1.57. The van der Waals surface area contributed by atoms with Crippen LogP contribution >= 0.6 is 0 Å². The fourth-order valence-corrected chi connectivity index (χ4v) is 2.17. The lowest BCUT2D eigenvalue weighted by molar-refractivity contribution is -0.147. The molecule has 0 aromatic heterocycles. The molecule has 2 unspecified atom stereocenters. The summed E-state index contributed by atoms with van der Waals surface area (Å²) in [6, 6.07) is -0.340. The molecule has 2 N–H and O–H groups in total. The van der Waals surface area contributed by atoms with Crippen LogP contribution < -0.4 is 0 Å². The molecule has 0 aliphatic carbocycles. The highest BCUT2D eigenvalue weighted by Gasteiger charge is 2.46. The Morgan fingerprint density at radius 3 is 2.59 bits per heavy atom. The molecule has 6 nitrogen and oxygen atoms in total. The van der Waals surface area contributed by atoms with Crippen LogP contribution in [0.1, 0.15) is 26.7 Å². The molecule has 1 saturated heterocycles. The number of hydrogen-bond acceptors (Lipinski definition) is 3. The number of aliphatic carboxylic acids is 1. The first kappa shape index (κ1) is 13.8. The number of carboxylic acids is 1. The highest BCUT2D eigenvalue weighted by atomic mass is 16.4. The molecule has 0 spiro atoms. The van der Waals surface area contributed by atoms with Crippen LogP contribution in [0.25, 0.3) is 0 Å². The van der Waals surface area contributed by atoms with Gasteiger partial charge in [-0.15, -0.1) is 0 Å². The molecule has 1 fully saturated rings. The number of carbonyl (C=O) groups is 2. The monoisotopic (exact) mass is 244 g/mol. The van der Waals surface area contributed by atoms with Crippen molar-refractivity contribution < 1.29 is 19.8 Å². The smallest absolute Gasteiger partial charge is 0.329 e. The van der Waals surface area contributed by atoms with Crippen molar-refractivity contribution in [2.45, 2.75) is 38.3 Å². The molecular formula is C11H20N2O4. The van der Waals surface area contributed by atoms with Gasteiger partial charge in [0.2, 0.25) is 0 Å². The van der Waals surface area contributed by atoms with Gasteiger partial charge in [-0.25, -0.2) is 9.59 Å². The van der Waals surface area contributed by atoms with Crippen molar-refractivity contribution in [3.05, 3.63) is 0 Å².